The van der Waals surface area contributed by atoms with Crippen LogP contribution in [0.3, 0.4) is 0 Å². The number of pyridine rings is 1. The van der Waals surface area contributed by atoms with Gasteiger partial charge in [-0.2, -0.15) is 13.2 Å². The number of Topliss-reactive ketones (excluding diaryl/α,β-unsaturated/α-hetero) is 1. The monoisotopic (exact) mass is 624 g/mol. The standard InChI is InChI=1S/C31H31F3N6O5/c1-38-14-17(26-23(6-9-35-28(26)38)40-15-20-3-4-21(16-40)44-20)12-25-27(41)22-13-19(2-5-24(22)45-25)37-30(43)36-18-7-10-39(11-8-18)29(42)31(32,33)34/h2,5-6,9,12-14,18,20-21H,3-4,7-8,10-11,15-16H2,1H3,(H2,36,37,43)/b25-12-. The molecule has 3 saturated heterocycles. The molecule has 3 amide bonds. The van der Waals surface area contributed by atoms with Gasteiger partial charge in [0.1, 0.15) is 11.4 Å². The average Bonchev–Trinajstić information content (AvgIpc) is 3.63. The Kier molecular flexibility index (Phi) is 7.18. The second-order valence-corrected chi connectivity index (χ2v) is 11.9. The van der Waals surface area contributed by atoms with Crippen molar-refractivity contribution in [2.45, 2.75) is 50.1 Å². The van der Waals surface area contributed by atoms with E-state index in [9.17, 15) is 27.6 Å². The number of aromatic nitrogens is 2. The number of carbonyl (C=O) groups excluding carboxylic acids is 3. The normalized spacial score (nSPS) is 22.6. The first kappa shape index (κ1) is 29.1. The summed E-state index contributed by atoms with van der Waals surface area (Å²) in [6.45, 7) is 1.37. The number of aryl methyl sites for hydroxylation is 1. The first-order valence-corrected chi connectivity index (χ1v) is 14.9. The predicted molar refractivity (Wildman–Crippen MR) is 158 cm³/mol. The minimum atomic E-state index is -4.92. The fraction of sp³-hybridized carbons (Fsp3) is 0.419. The van der Waals surface area contributed by atoms with Crippen LogP contribution in [0.25, 0.3) is 17.1 Å². The molecule has 3 fully saturated rings. The van der Waals surface area contributed by atoms with Crippen LogP contribution < -0.4 is 20.3 Å². The maximum absolute atomic E-state index is 13.5. The molecule has 4 aliphatic heterocycles. The fourth-order valence-electron chi connectivity index (χ4n) is 6.67. The number of amides is 3. The maximum atomic E-state index is 13.5. The van der Waals surface area contributed by atoms with E-state index in [1.807, 2.05) is 23.9 Å². The van der Waals surface area contributed by atoms with Crippen LogP contribution in [-0.4, -0.2) is 82.8 Å². The summed E-state index contributed by atoms with van der Waals surface area (Å²) in [7, 11) is 1.91. The molecule has 0 aliphatic carbocycles. The number of benzene rings is 1. The summed E-state index contributed by atoms with van der Waals surface area (Å²) < 4.78 is 52.0. The van der Waals surface area contributed by atoms with Gasteiger partial charge >= 0.3 is 18.1 Å². The summed E-state index contributed by atoms with van der Waals surface area (Å²) in [4.78, 5) is 45.2. The van der Waals surface area contributed by atoms with Crippen molar-refractivity contribution in [2.24, 2.45) is 7.05 Å². The Balaban J connectivity index is 1.04. The number of fused-ring (bicyclic) bond motifs is 4. The number of nitrogens with zero attached hydrogens (tertiary/aromatic N) is 4. The van der Waals surface area contributed by atoms with Crippen molar-refractivity contribution in [1.29, 1.82) is 0 Å². The van der Waals surface area contributed by atoms with E-state index in [4.69, 9.17) is 9.47 Å². The van der Waals surface area contributed by atoms with Crippen molar-refractivity contribution in [3.8, 4) is 5.75 Å². The molecule has 0 saturated carbocycles. The molecule has 2 atom stereocenters. The Morgan fingerprint density at radius 2 is 1.80 bits per heavy atom. The van der Waals surface area contributed by atoms with Crippen molar-refractivity contribution in [3.05, 3.63) is 53.5 Å². The number of rotatable bonds is 4. The van der Waals surface area contributed by atoms with E-state index in [0.29, 0.717) is 17.0 Å². The molecule has 45 heavy (non-hydrogen) atoms. The smallest absolute Gasteiger partial charge is 0.452 e. The van der Waals surface area contributed by atoms with Crippen LogP contribution in [0.4, 0.5) is 29.3 Å². The number of ether oxygens (including phenoxy) is 2. The zero-order chi connectivity index (χ0) is 31.5. The first-order chi connectivity index (χ1) is 21.5. The number of halogens is 3. The van der Waals surface area contributed by atoms with Gasteiger partial charge in [-0.3, -0.25) is 9.59 Å². The molecule has 6 heterocycles. The molecule has 2 aromatic heterocycles. The average molecular weight is 625 g/mol. The minimum absolute atomic E-state index is 0.106. The van der Waals surface area contributed by atoms with Gasteiger partial charge in [-0.1, -0.05) is 0 Å². The molecule has 2 unspecified atom stereocenters. The Labute approximate surface area is 255 Å². The molecule has 0 spiro atoms. The van der Waals surface area contributed by atoms with Gasteiger partial charge in [0.2, 0.25) is 5.78 Å². The summed E-state index contributed by atoms with van der Waals surface area (Å²) in [6, 6.07) is 5.77. The molecule has 0 radical (unpaired) electrons. The molecule has 14 heteroatoms. The highest BCUT2D eigenvalue weighted by Crippen LogP contribution is 2.38. The number of piperidine rings is 1. The largest absolute Gasteiger partial charge is 0.471 e. The lowest BCUT2D eigenvalue weighted by Crippen LogP contribution is -2.50. The molecule has 3 aromatic rings. The van der Waals surface area contributed by atoms with Gasteiger partial charge in [0, 0.05) is 68.3 Å². The first-order valence-electron chi connectivity index (χ1n) is 14.9. The van der Waals surface area contributed by atoms with Crippen molar-refractivity contribution in [1.82, 2.24) is 19.8 Å². The van der Waals surface area contributed by atoms with Crippen molar-refractivity contribution >= 4 is 46.2 Å². The minimum Gasteiger partial charge on any atom is -0.452 e. The lowest BCUT2D eigenvalue weighted by atomic mass is 10.1. The summed E-state index contributed by atoms with van der Waals surface area (Å²) in [5.41, 5.74) is 3.27. The Morgan fingerprint density at radius 3 is 2.51 bits per heavy atom. The number of anilines is 2. The third-order valence-corrected chi connectivity index (χ3v) is 8.82. The maximum Gasteiger partial charge on any atom is 0.471 e. The van der Waals surface area contributed by atoms with E-state index in [-0.39, 0.29) is 49.7 Å². The lowest BCUT2D eigenvalue weighted by Gasteiger charge is -2.34. The molecule has 236 valence electrons. The van der Waals surface area contributed by atoms with Crippen LogP contribution in [0, 0.1) is 0 Å². The number of carbonyl (C=O) groups is 3. The number of allylic oxidation sites excluding steroid dienone is 1. The second kappa shape index (κ2) is 11.1. The molecule has 11 nitrogen and oxygen atoms in total. The van der Waals surface area contributed by atoms with E-state index in [0.717, 1.165) is 53.1 Å². The summed E-state index contributed by atoms with van der Waals surface area (Å²) in [5, 5.41) is 6.34. The number of likely N-dealkylation sites (tertiary alicyclic amines) is 1. The van der Waals surface area contributed by atoms with Crippen molar-refractivity contribution in [3.63, 3.8) is 0 Å². The fourth-order valence-corrected chi connectivity index (χ4v) is 6.67. The van der Waals surface area contributed by atoms with E-state index >= 15 is 0 Å². The van der Waals surface area contributed by atoms with Gasteiger partial charge in [0.25, 0.3) is 0 Å². The number of nitrogens with one attached hydrogen (secondary N) is 2. The Morgan fingerprint density at radius 1 is 1.07 bits per heavy atom. The highest BCUT2D eigenvalue weighted by molar-refractivity contribution is 6.16. The predicted octanol–water partition coefficient (Wildman–Crippen LogP) is 4.23. The summed E-state index contributed by atoms with van der Waals surface area (Å²) in [5.74, 6) is -1.69. The van der Waals surface area contributed by atoms with Gasteiger partial charge in [-0.15, -0.1) is 0 Å². The van der Waals surface area contributed by atoms with Gasteiger partial charge in [-0.05, 0) is 56.0 Å². The van der Waals surface area contributed by atoms with Crippen molar-refractivity contribution in [2.75, 3.05) is 36.4 Å². The molecular weight excluding hydrogens is 593 g/mol. The summed E-state index contributed by atoms with van der Waals surface area (Å²) in [6.07, 6.45) is 3.42. The second-order valence-electron chi connectivity index (χ2n) is 11.9. The van der Waals surface area contributed by atoms with E-state index in [1.165, 1.54) is 6.07 Å². The number of ketones is 1. The highest BCUT2D eigenvalue weighted by atomic mass is 19.4. The van der Waals surface area contributed by atoms with Crippen LogP contribution in [0.5, 0.6) is 5.75 Å². The number of hydrogen-bond donors (Lipinski definition) is 2. The van der Waals surface area contributed by atoms with Crippen LogP contribution >= 0.6 is 0 Å². The third kappa shape index (κ3) is 5.58. The highest BCUT2D eigenvalue weighted by Gasteiger charge is 2.43. The zero-order valence-corrected chi connectivity index (χ0v) is 24.4. The van der Waals surface area contributed by atoms with Crippen molar-refractivity contribution < 1.29 is 37.0 Å². The van der Waals surface area contributed by atoms with E-state index in [1.54, 1.807) is 24.4 Å². The third-order valence-electron chi connectivity index (χ3n) is 8.82. The van der Waals surface area contributed by atoms with Crippen LogP contribution in [0.15, 0.2) is 42.4 Å². The molecule has 4 aliphatic rings. The number of hydrogen-bond acceptors (Lipinski definition) is 7. The number of urea groups is 1. The summed E-state index contributed by atoms with van der Waals surface area (Å²) >= 11 is 0. The van der Waals surface area contributed by atoms with Gasteiger partial charge in [0.05, 0.1) is 23.5 Å². The van der Waals surface area contributed by atoms with Gasteiger partial charge < -0.3 is 34.5 Å². The Hall–Kier alpha value is -4.59. The number of morpholine rings is 1. The molecule has 1 aromatic carbocycles. The zero-order valence-electron chi connectivity index (χ0n) is 24.4. The van der Waals surface area contributed by atoms with Gasteiger partial charge in [0.15, 0.2) is 5.76 Å². The van der Waals surface area contributed by atoms with E-state index < -0.39 is 24.2 Å². The molecule has 7 rings (SSSR count). The van der Waals surface area contributed by atoms with Crippen LogP contribution in [-0.2, 0) is 16.6 Å². The molecule has 2 bridgehead atoms. The topological polar surface area (TPSA) is 118 Å². The van der Waals surface area contributed by atoms with Crippen LogP contribution in [0.2, 0.25) is 0 Å². The van der Waals surface area contributed by atoms with Gasteiger partial charge in [-0.25, -0.2) is 9.78 Å². The van der Waals surface area contributed by atoms with E-state index in [2.05, 4.69) is 20.5 Å². The SMILES string of the molecule is Cn1cc(/C=C2\Oc3ccc(NC(=O)NC4CCN(C(=O)C(F)(F)F)CC4)cc3C2=O)c2c(N3CC4CCC(C3)O4)ccnc21. The van der Waals surface area contributed by atoms with Crippen LogP contribution in [0.1, 0.15) is 41.6 Å². The quantitative estimate of drug-likeness (QED) is 0.418. The molecular formula is C31H31F3N6O5. The lowest BCUT2D eigenvalue weighted by molar-refractivity contribution is -0.186. The number of alkyl halides is 3. The molecule has 2 N–H and O–H groups in total. The Bertz CT molecular complexity index is 1720.